The number of anilines is 1. The highest BCUT2D eigenvalue weighted by molar-refractivity contribution is 5.90. The first-order valence-corrected chi connectivity index (χ1v) is 9.14. The Bertz CT molecular complexity index is 1270. The second-order valence-electron chi connectivity index (χ2n) is 6.42. The van der Waals surface area contributed by atoms with Crippen molar-refractivity contribution in [3.8, 4) is 28.7 Å². The van der Waals surface area contributed by atoms with Crippen molar-refractivity contribution in [3.63, 3.8) is 0 Å². The van der Waals surface area contributed by atoms with Gasteiger partial charge >= 0.3 is 0 Å². The van der Waals surface area contributed by atoms with E-state index in [1.165, 1.54) is 36.4 Å². The van der Waals surface area contributed by atoms with Gasteiger partial charge in [-0.05, 0) is 54.6 Å². The molecule has 0 aliphatic rings. The highest BCUT2D eigenvalue weighted by atomic mass is 19.1. The van der Waals surface area contributed by atoms with Crippen LogP contribution in [0.5, 0.6) is 5.75 Å². The van der Waals surface area contributed by atoms with Gasteiger partial charge in [0.1, 0.15) is 23.8 Å². The smallest absolute Gasteiger partial charge is 0.278 e. The minimum absolute atomic E-state index is 0.0589. The van der Waals surface area contributed by atoms with Crippen molar-refractivity contribution in [2.45, 2.75) is 6.54 Å². The maximum absolute atomic E-state index is 13.1. The molecule has 0 saturated heterocycles. The van der Waals surface area contributed by atoms with Crippen molar-refractivity contribution >= 4 is 11.6 Å². The van der Waals surface area contributed by atoms with Crippen LogP contribution in [0.4, 0.5) is 10.1 Å². The summed E-state index contributed by atoms with van der Waals surface area (Å²) in [4.78, 5) is 28.7. The molecule has 0 aliphatic carbocycles. The van der Waals surface area contributed by atoms with Crippen molar-refractivity contribution in [1.29, 1.82) is 0 Å². The maximum atomic E-state index is 13.1. The van der Waals surface area contributed by atoms with Crippen LogP contribution in [-0.2, 0) is 11.3 Å². The number of ether oxygens (including phenoxy) is 1. The Morgan fingerprint density at radius 1 is 1.10 bits per heavy atom. The third-order valence-corrected chi connectivity index (χ3v) is 4.28. The lowest BCUT2D eigenvalue weighted by molar-refractivity contribution is -0.117. The average Bonchev–Trinajstić information content (AvgIpc) is 3.26. The maximum Gasteiger partial charge on any atom is 0.278 e. The third kappa shape index (κ3) is 4.64. The Morgan fingerprint density at radius 2 is 1.84 bits per heavy atom. The number of carbonyl (C=O) groups excluding carboxylic acids is 1. The number of nitrogens with zero attached hydrogens (tertiary/aromatic N) is 4. The molecule has 0 fully saturated rings. The van der Waals surface area contributed by atoms with Crippen LogP contribution in [0.3, 0.4) is 0 Å². The van der Waals surface area contributed by atoms with Gasteiger partial charge in [0.05, 0.1) is 7.11 Å². The molecule has 2 aromatic carbocycles. The van der Waals surface area contributed by atoms with Gasteiger partial charge in [-0.25, -0.2) is 9.07 Å². The zero-order chi connectivity index (χ0) is 21.8. The molecule has 10 heteroatoms. The summed E-state index contributed by atoms with van der Waals surface area (Å²) in [6, 6.07) is 15.0. The third-order valence-electron chi connectivity index (χ3n) is 4.28. The molecule has 4 rings (SSSR count). The Hall–Kier alpha value is -4.34. The molecule has 31 heavy (non-hydrogen) atoms. The van der Waals surface area contributed by atoms with Crippen LogP contribution in [0, 0.1) is 5.82 Å². The number of hydrogen-bond donors (Lipinski definition) is 1. The van der Waals surface area contributed by atoms with Crippen LogP contribution < -0.4 is 15.6 Å². The van der Waals surface area contributed by atoms with Crippen molar-refractivity contribution in [2.75, 3.05) is 12.4 Å². The summed E-state index contributed by atoms with van der Waals surface area (Å²) in [5.41, 5.74) is 0.865. The Kier molecular flexibility index (Phi) is 5.52. The molecule has 0 radical (unpaired) electrons. The van der Waals surface area contributed by atoms with E-state index in [0.717, 1.165) is 4.68 Å². The predicted octanol–water partition coefficient (Wildman–Crippen LogP) is 2.75. The van der Waals surface area contributed by atoms with E-state index in [1.54, 1.807) is 31.4 Å². The number of benzene rings is 2. The van der Waals surface area contributed by atoms with E-state index < -0.39 is 11.5 Å². The molecule has 156 valence electrons. The molecule has 1 N–H and O–H groups in total. The molecule has 0 saturated carbocycles. The Balaban J connectivity index is 1.51. The lowest BCUT2D eigenvalue weighted by atomic mass is 10.2. The zero-order valence-electron chi connectivity index (χ0n) is 16.3. The standard InChI is InChI=1S/C21H16FN5O4/c1-30-16-8-6-15(7-9-16)23-18(28)12-27-19(29)11-10-17(25-27)21-24-20(26-31-21)13-2-4-14(22)5-3-13/h2-11H,12H2,1H3,(H,23,28). The number of hydrogen-bond acceptors (Lipinski definition) is 7. The Morgan fingerprint density at radius 3 is 2.55 bits per heavy atom. The van der Waals surface area contributed by atoms with Crippen LogP contribution in [0.15, 0.2) is 70.0 Å². The largest absolute Gasteiger partial charge is 0.497 e. The van der Waals surface area contributed by atoms with Crippen molar-refractivity contribution in [1.82, 2.24) is 19.9 Å². The second-order valence-corrected chi connectivity index (χ2v) is 6.42. The van der Waals surface area contributed by atoms with Gasteiger partial charge in [0.25, 0.3) is 11.4 Å². The topological polar surface area (TPSA) is 112 Å². The number of amides is 1. The molecule has 0 bridgehead atoms. The van der Waals surface area contributed by atoms with Gasteiger partial charge in [0, 0.05) is 17.3 Å². The van der Waals surface area contributed by atoms with Gasteiger partial charge < -0.3 is 14.6 Å². The molecule has 1 amide bonds. The van der Waals surface area contributed by atoms with E-state index in [9.17, 15) is 14.0 Å². The van der Waals surface area contributed by atoms with E-state index in [2.05, 4.69) is 20.6 Å². The quantitative estimate of drug-likeness (QED) is 0.509. The minimum atomic E-state index is -0.466. The van der Waals surface area contributed by atoms with Crippen LogP contribution in [-0.4, -0.2) is 32.9 Å². The van der Waals surface area contributed by atoms with E-state index in [4.69, 9.17) is 9.26 Å². The van der Waals surface area contributed by atoms with E-state index in [1.807, 2.05) is 0 Å². The summed E-state index contributed by atoms with van der Waals surface area (Å²) in [5.74, 6) is 0.141. The molecule has 0 unspecified atom stereocenters. The molecule has 0 spiro atoms. The first-order chi connectivity index (χ1) is 15.0. The highest BCUT2D eigenvalue weighted by Crippen LogP contribution is 2.20. The van der Waals surface area contributed by atoms with Crippen molar-refractivity contribution in [2.24, 2.45) is 0 Å². The highest BCUT2D eigenvalue weighted by Gasteiger charge is 2.14. The Labute approximate surface area is 175 Å². The summed E-state index contributed by atoms with van der Waals surface area (Å²) >= 11 is 0. The van der Waals surface area contributed by atoms with Crippen LogP contribution in [0.2, 0.25) is 0 Å². The lowest BCUT2D eigenvalue weighted by Gasteiger charge is -2.08. The summed E-state index contributed by atoms with van der Waals surface area (Å²) in [6.07, 6.45) is 0. The van der Waals surface area contributed by atoms with E-state index in [-0.39, 0.29) is 29.8 Å². The van der Waals surface area contributed by atoms with Gasteiger partial charge in [-0.2, -0.15) is 10.1 Å². The summed E-state index contributed by atoms with van der Waals surface area (Å²) in [5, 5.41) is 10.7. The normalized spacial score (nSPS) is 10.6. The molecule has 2 heterocycles. The molecular formula is C21H16FN5O4. The average molecular weight is 421 g/mol. The molecule has 0 atom stereocenters. The number of halogens is 1. The minimum Gasteiger partial charge on any atom is -0.497 e. The van der Waals surface area contributed by atoms with Gasteiger partial charge in [0.15, 0.2) is 0 Å². The van der Waals surface area contributed by atoms with Crippen molar-refractivity contribution < 1.29 is 18.4 Å². The number of rotatable bonds is 6. The van der Waals surface area contributed by atoms with Gasteiger partial charge in [-0.15, -0.1) is 0 Å². The van der Waals surface area contributed by atoms with Gasteiger partial charge in [0.2, 0.25) is 11.7 Å². The number of aromatic nitrogens is 4. The second kappa shape index (κ2) is 8.57. The molecular weight excluding hydrogens is 405 g/mol. The van der Waals surface area contributed by atoms with E-state index in [0.29, 0.717) is 17.0 Å². The fraction of sp³-hybridized carbons (Fsp3) is 0.0952. The predicted molar refractivity (Wildman–Crippen MR) is 109 cm³/mol. The molecule has 2 aromatic heterocycles. The van der Waals surface area contributed by atoms with Crippen LogP contribution in [0.25, 0.3) is 23.0 Å². The number of nitrogens with one attached hydrogen (secondary N) is 1. The number of methoxy groups -OCH3 is 1. The first kappa shape index (κ1) is 20.0. The van der Waals surface area contributed by atoms with Crippen molar-refractivity contribution in [3.05, 3.63) is 76.8 Å². The van der Waals surface area contributed by atoms with Gasteiger partial charge in [-0.1, -0.05) is 5.16 Å². The van der Waals surface area contributed by atoms with E-state index >= 15 is 0 Å². The number of carbonyl (C=O) groups is 1. The fourth-order valence-corrected chi connectivity index (χ4v) is 2.73. The lowest BCUT2D eigenvalue weighted by Crippen LogP contribution is -2.29. The first-order valence-electron chi connectivity index (χ1n) is 9.14. The zero-order valence-corrected chi connectivity index (χ0v) is 16.3. The van der Waals surface area contributed by atoms with Crippen LogP contribution in [0.1, 0.15) is 0 Å². The SMILES string of the molecule is COc1ccc(NC(=O)Cn2nc(-c3nc(-c4ccc(F)cc4)no3)ccc2=O)cc1. The summed E-state index contributed by atoms with van der Waals surface area (Å²) < 4.78 is 24.4. The van der Waals surface area contributed by atoms with Crippen LogP contribution >= 0.6 is 0 Å². The molecule has 0 aliphatic heterocycles. The molecule has 4 aromatic rings. The fourth-order valence-electron chi connectivity index (χ4n) is 2.73. The summed E-state index contributed by atoms with van der Waals surface area (Å²) in [6.45, 7) is -0.308. The van der Waals surface area contributed by atoms with Gasteiger partial charge in [-0.3, -0.25) is 9.59 Å². The molecule has 9 nitrogen and oxygen atoms in total. The monoisotopic (exact) mass is 421 g/mol. The summed E-state index contributed by atoms with van der Waals surface area (Å²) in [7, 11) is 1.55.